The monoisotopic (exact) mass is 296 g/mol. The Morgan fingerprint density at radius 3 is 2.60 bits per heavy atom. The van der Waals surface area contributed by atoms with E-state index in [0.29, 0.717) is 23.8 Å². The Kier molecular flexibility index (Phi) is 3.36. The van der Waals surface area contributed by atoms with Gasteiger partial charge in [-0.2, -0.15) is 0 Å². The molecule has 1 aliphatic heterocycles. The molecule has 5 heteroatoms. The smallest absolute Gasteiger partial charge is 0.132 e. The van der Waals surface area contributed by atoms with Crippen molar-refractivity contribution in [1.82, 2.24) is 0 Å². The molecule has 1 heterocycles. The van der Waals surface area contributed by atoms with E-state index in [4.69, 9.17) is 16.3 Å². The van der Waals surface area contributed by atoms with E-state index in [1.54, 1.807) is 6.07 Å². The third-order valence-corrected chi connectivity index (χ3v) is 3.56. The second-order valence-electron chi connectivity index (χ2n) is 4.62. The molecule has 0 saturated heterocycles. The molecule has 2 nitrogen and oxygen atoms in total. The molecule has 104 valence electrons. The SMILES string of the molecule is OC(c1cc(Cl)cc2c1OCC2)c1c(F)cccc1F. The summed E-state index contributed by atoms with van der Waals surface area (Å²) in [4.78, 5) is 0. The summed E-state index contributed by atoms with van der Waals surface area (Å²) in [6.45, 7) is 0.467. The lowest BCUT2D eigenvalue weighted by atomic mass is 9.97. The fraction of sp³-hybridized carbons (Fsp3) is 0.200. The Balaban J connectivity index is 2.14. The molecule has 1 unspecified atom stereocenters. The van der Waals surface area contributed by atoms with Gasteiger partial charge in [-0.05, 0) is 29.8 Å². The predicted octanol–water partition coefficient (Wildman–Crippen LogP) is 3.63. The zero-order valence-corrected chi connectivity index (χ0v) is 11.1. The summed E-state index contributed by atoms with van der Waals surface area (Å²) in [5, 5.41) is 10.7. The summed E-state index contributed by atoms with van der Waals surface area (Å²) in [6, 6.07) is 6.67. The van der Waals surface area contributed by atoms with E-state index < -0.39 is 23.3 Å². The van der Waals surface area contributed by atoms with Crippen LogP contribution in [-0.4, -0.2) is 11.7 Å². The number of halogens is 3. The van der Waals surface area contributed by atoms with Crippen LogP contribution in [0.25, 0.3) is 0 Å². The first kappa shape index (κ1) is 13.3. The average Bonchev–Trinajstić information content (AvgIpc) is 2.85. The molecule has 1 N–H and O–H groups in total. The van der Waals surface area contributed by atoms with Crippen LogP contribution in [0.1, 0.15) is 22.8 Å². The van der Waals surface area contributed by atoms with Crippen LogP contribution in [0.5, 0.6) is 5.75 Å². The predicted molar refractivity (Wildman–Crippen MR) is 71.1 cm³/mol. The van der Waals surface area contributed by atoms with Crippen LogP contribution in [0.3, 0.4) is 0 Å². The average molecular weight is 297 g/mol. The Morgan fingerprint density at radius 1 is 1.20 bits per heavy atom. The fourth-order valence-electron chi connectivity index (χ4n) is 2.43. The van der Waals surface area contributed by atoms with Crippen molar-refractivity contribution in [3.05, 3.63) is 63.7 Å². The quantitative estimate of drug-likeness (QED) is 0.917. The number of fused-ring (bicyclic) bond motifs is 1. The molecule has 20 heavy (non-hydrogen) atoms. The summed E-state index contributed by atoms with van der Waals surface area (Å²) in [7, 11) is 0. The largest absolute Gasteiger partial charge is 0.493 e. The summed E-state index contributed by atoms with van der Waals surface area (Å²) in [5.74, 6) is -1.14. The molecule has 0 radical (unpaired) electrons. The van der Waals surface area contributed by atoms with E-state index in [2.05, 4.69) is 0 Å². The highest BCUT2D eigenvalue weighted by molar-refractivity contribution is 6.30. The second kappa shape index (κ2) is 5.04. The first-order chi connectivity index (χ1) is 9.58. The maximum Gasteiger partial charge on any atom is 0.132 e. The Labute approximate surface area is 119 Å². The van der Waals surface area contributed by atoms with Crippen LogP contribution in [0.15, 0.2) is 30.3 Å². The Bertz CT molecular complexity index is 653. The minimum atomic E-state index is -1.46. The molecule has 0 amide bonds. The number of hydrogen-bond donors (Lipinski definition) is 1. The standard InChI is InChI=1S/C15H11ClF2O2/c16-9-6-8-4-5-20-15(8)10(7-9)14(19)13-11(17)2-1-3-12(13)18/h1-3,6-7,14,19H,4-5H2. The lowest BCUT2D eigenvalue weighted by Crippen LogP contribution is -2.07. The van der Waals surface area contributed by atoms with Gasteiger partial charge in [0.2, 0.25) is 0 Å². The highest BCUT2D eigenvalue weighted by Crippen LogP contribution is 2.39. The molecule has 0 bridgehead atoms. The minimum Gasteiger partial charge on any atom is -0.493 e. The van der Waals surface area contributed by atoms with Gasteiger partial charge in [0, 0.05) is 17.0 Å². The maximum absolute atomic E-state index is 13.8. The highest BCUT2D eigenvalue weighted by atomic mass is 35.5. The molecule has 1 atom stereocenters. The number of rotatable bonds is 2. The van der Waals surface area contributed by atoms with Crippen molar-refractivity contribution >= 4 is 11.6 Å². The number of ether oxygens (including phenoxy) is 1. The molecular formula is C15H11ClF2O2. The Hall–Kier alpha value is -1.65. The third-order valence-electron chi connectivity index (χ3n) is 3.34. The third kappa shape index (κ3) is 2.15. The number of aliphatic hydroxyl groups is 1. The molecule has 2 aromatic rings. The van der Waals surface area contributed by atoms with Gasteiger partial charge in [-0.1, -0.05) is 17.7 Å². The van der Waals surface area contributed by atoms with Crippen molar-refractivity contribution in [2.24, 2.45) is 0 Å². The van der Waals surface area contributed by atoms with Crippen LogP contribution >= 0.6 is 11.6 Å². The van der Waals surface area contributed by atoms with E-state index in [-0.39, 0.29) is 5.56 Å². The molecular weight excluding hydrogens is 286 g/mol. The summed E-state index contributed by atoms with van der Waals surface area (Å²) in [6.07, 6.45) is -0.795. The van der Waals surface area contributed by atoms with Gasteiger partial charge in [-0.25, -0.2) is 8.78 Å². The number of benzene rings is 2. The highest BCUT2D eigenvalue weighted by Gasteiger charge is 2.26. The Morgan fingerprint density at radius 2 is 1.90 bits per heavy atom. The molecule has 2 aromatic carbocycles. The van der Waals surface area contributed by atoms with Gasteiger partial charge in [0.1, 0.15) is 23.5 Å². The van der Waals surface area contributed by atoms with Crippen molar-refractivity contribution in [3.8, 4) is 5.75 Å². The summed E-state index contributed by atoms with van der Waals surface area (Å²) < 4.78 is 33.0. The van der Waals surface area contributed by atoms with Crippen molar-refractivity contribution in [3.63, 3.8) is 0 Å². The fourth-order valence-corrected chi connectivity index (χ4v) is 2.68. The molecule has 0 aliphatic carbocycles. The first-order valence-corrected chi connectivity index (χ1v) is 6.53. The zero-order chi connectivity index (χ0) is 14.3. The normalized spacial score (nSPS) is 14.8. The van der Waals surface area contributed by atoms with Crippen molar-refractivity contribution < 1.29 is 18.6 Å². The second-order valence-corrected chi connectivity index (χ2v) is 5.06. The van der Waals surface area contributed by atoms with Gasteiger partial charge in [0.25, 0.3) is 0 Å². The first-order valence-electron chi connectivity index (χ1n) is 6.15. The lowest BCUT2D eigenvalue weighted by molar-refractivity contribution is 0.203. The maximum atomic E-state index is 13.8. The van der Waals surface area contributed by atoms with Crippen LogP contribution in [0.4, 0.5) is 8.78 Å². The van der Waals surface area contributed by atoms with Crippen molar-refractivity contribution in [2.45, 2.75) is 12.5 Å². The lowest BCUT2D eigenvalue weighted by Gasteiger charge is -2.16. The molecule has 0 saturated carbocycles. The topological polar surface area (TPSA) is 29.5 Å². The van der Waals surface area contributed by atoms with E-state index >= 15 is 0 Å². The molecule has 0 spiro atoms. The minimum absolute atomic E-state index is 0.286. The van der Waals surface area contributed by atoms with Crippen LogP contribution in [0.2, 0.25) is 5.02 Å². The van der Waals surface area contributed by atoms with Crippen molar-refractivity contribution in [1.29, 1.82) is 0 Å². The molecule has 0 fully saturated rings. The van der Waals surface area contributed by atoms with Gasteiger partial charge in [-0.3, -0.25) is 0 Å². The van der Waals surface area contributed by atoms with Gasteiger partial charge in [0.05, 0.1) is 12.2 Å². The van der Waals surface area contributed by atoms with E-state index in [9.17, 15) is 13.9 Å². The number of hydrogen-bond acceptors (Lipinski definition) is 2. The molecule has 1 aliphatic rings. The van der Waals surface area contributed by atoms with Gasteiger partial charge in [0.15, 0.2) is 0 Å². The molecule has 0 aromatic heterocycles. The summed E-state index contributed by atoms with van der Waals surface area (Å²) >= 11 is 5.99. The van der Waals surface area contributed by atoms with Crippen LogP contribution < -0.4 is 4.74 Å². The van der Waals surface area contributed by atoms with E-state index in [1.807, 2.05) is 0 Å². The van der Waals surface area contributed by atoms with Crippen LogP contribution in [-0.2, 0) is 6.42 Å². The van der Waals surface area contributed by atoms with E-state index in [0.717, 1.165) is 17.7 Å². The zero-order valence-electron chi connectivity index (χ0n) is 10.4. The van der Waals surface area contributed by atoms with Crippen molar-refractivity contribution in [2.75, 3.05) is 6.61 Å². The van der Waals surface area contributed by atoms with Crippen LogP contribution in [0, 0.1) is 11.6 Å². The number of aliphatic hydroxyl groups excluding tert-OH is 1. The van der Waals surface area contributed by atoms with Gasteiger partial charge >= 0.3 is 0 Å². The van der Waals surface area contributed by atoms with Gasteiger partial charge in [-0.15, -0.1) is 0 Å². The summed E-state index contributed by atoms with van der Waals surface area (Å²) in [5.41, 5.74) is 0.727. The van der Waals surface area contributed by atoms with E-state index in [1.165, 1.54) is 12.1 Å². The molecule has 3 rings (SSSR count). The van der Waals surface area contributed by atoms with Gasteiger partial charge < -0.3 is 9.84 Å².